The SMILES string of the molecule is C=O.COC.OCC1CCCCC1. The molecule has 0 spiro atoms. The van der Waals surface area contributed by atoms with E-state index < -0.39 is 0 Å². The fourth-order valence-electron chi connectivity index (χ4n) is 1.37. The van der Waals surface area contributed by atoms with Gasteiger partial charge >= 0.3 is 0 Å². The van der Waals surface area contributed by atoms with E-state index in [4.69, 9.17) is 9.90 Å². The lowest BCUT2D eigenvalue weighted by atomic mass is 9.90. The Balaban J connectivity index is 0. The molecule has 80 valence electrons. The number of aliphatic hydroxyl groups excluding tert-OH is 1. The maximum Gasteiger partial charge on any atom is 0.106 e. The number of rotatable bonds is 1. The molecule has 1 fully saturated rings. The summed E-state index contributed by atoms with van der Waals surface area (Å²) in [6.45, 7) is 2.42. The number of aliphatic hydroxyl groups is 1. The second kappa shape index (κ2) is 14.1. The summed E-state index contributed by atoms with van der Waals surface area (Å²) in [7, 11) is 3.25. The predicted octanol–water partition coefficient (Wildman–Crippen LogP) is 1.64. The Morgan fingerprint density at radius 2 is 1.62 bits per heavy atom. The summed E-state index contributed by atoms with van der Waals surface area (Å²) >= 11 is 0. The Labute approximate surface area is 81.1 Å². The van der Waals surface area contributed by atoms with Crippen LogP contribution in [-0.2, 0) is 9.53 Å². The number of ether oxygens (including phenoxy) is 1. The van der Waals surface area contributed by atoms with Crippen LogP contribution in [0.4, 0.5) is 0 Å². The molecule has 0 unspecified atom stereocenters. The molecule has 0 saturated heterocycles. The molecule has 0 aromatic rings. The van der Waals surface area contributed by atoms with Crippen molar-refractivity contribution in [2.45, 2.75) is 32.1 Å². The molecule has 0 atom stereocenters. The van der Waals surface area contributed by atoms with Crippen molar-refractivity contribution in [1.82, 2.24) is 0 Å². The smallest absolute Gasteiger partial charge is 0.106 e. The van der Waals surface area contributed by atoms with E-state index in [0.717, 1.165) is 0 Å². The van der Waals surface area contributed by atoms with Crippen LogP contribution in [-0.4, -0.2) is 32.7 Å². The fraction of sp³-hybridized carbons (Fsp3) is 0.900. The lowest BCUT2D eigenvalue weighted by Crippen LogP contribution is -2.09. The fourth-order valence-corrected chi connectivity index (χ4v) is 1.37. The van der Waals surface area contributed by atoms with E-state index >= 15 is 0 Å². The van der Waals surface area contributed by atoms with Crippen molar-refractivity contribution in [3.8, 4) is 0 Å². The van der Waals surface area contributed by atoms with E-state index in [1.54, 1.807) is 14.2 Å². The van der Waals surface area contributed by atoms with Crippen LogP contribution in [0.5, 0.6) is 0 Å². The second-order valence-corrected chi connectivity index (χ2v) is 3.09. The average molecular weight is 190 g/mol. The summed E-state index contributed by atoms with van der Waals surface area (Å²) in [6, 6.07) is 0. The van der Waals surface area contributed by atoms with E-state index in [1.807, 2.05) is 6.79 Å². The zero-order chi connectivity index (χ0) is 10.5. The van der Waals surface area contributed by atoms with Gasteiger partial charge in [-0.2, -0.15) is 0 Å². The molecule has 0 heterocycles. The van der Waals surface area contributed by atoms with Gasteiger partial charge in [0.25, 0.3) is 0 Å². The lowest BCUT2D eigenvalue weighted by molar-refractivity contribution is -0.0979. The van der Waals surface area contributed by atoms with Gasteiger partial charge in [0.2, 0.25) is 0 Å². The van der Waals surface area contributed by atoms with E-state index in [0.29, 0.717) is 12.5 Å². The summed E-state index contributed by atoms with van der Waals surface area (Å²) in [6.07, 6.45) is 6.58. The molecule has 1 N–H and O–H groups in total. The summed E-state index contributed by atoms with van der Waals surface area (Å²) < 4.78 is 4.25. The first-order valence-corrected chi connectivity index (χ1v) is 4.65. The average Bonchev–Trinajstić information content (AvgIpc) is 2.23. The molecule has 0 amide bonds. The zero-order valence-electron chi connectivity index (χ0n) is 8.79. The summed E-state index contributed by atoms with van der Waals surface area (Å²) in [5.41, 5.74) is 0. The number of carbonyl (C=O) groups is 1. The first-order valence-electron chi connectivity index (χ1n) is 4.65. The normalized spacial score (nSPS) is 16.2. The Morgan fingerprint density at radius 3 is 1.85 bits per heavy atom. The van der Waals surface area contributed by atoms with Crippen LogP contribution in [0.3, 0.4) is 0 Å². The molecule has 13 heavy (non-hydrogen) atoms. The van der Waals surface area contributed by atoms with Gasteiger partial charge in [-0.05, 0) is 18.8 Å². The Bertz CT molecular complexity index is 80.2. The van der Waals surface area contributed by atoms with Gasteiger partial charge in [-0.1, -0.05) is 19.3 Å². The van der Waals surface area contributed by atoms with Crippen molar-refractivity contribution < 1.29 is 14.6 Å². The highest BCUT2D eigenvalue weighted by Gasteiger charge is 2.10. The van der Waals surface area contributed by atoms with Crippen LogP contribution in [0, 0.1) is 5.92 Å². The molecule has 1 saturated carbocycles. The van der Waals surface area contributed by atoms with Gasteiger partial charge < -0.3 is 14.6 Å². The second-order valence-electron chi connectivity index (χ2n) is 3.09. The van der Waals surface area contributed by atoms with Crippen molar-refractivity contribution >= 4 is 6.79 Å². The van der Waals surface area contributed by atoms with Crippen molar-refractivity contribution in [3.05, 3.63) is 0 Å². The van der Waals surface area contributed by atoms with Crippen LogP contribution in [0.2, 0.25) is 0 Å². The highest BCUT2D eigenvalue weighted by molar-refractivity contribution is 5.10. The third-order valence-corrected chi connectivity index (χ3v) is 1.98. The molecule has 3 heteroatoms. The van der Waals surface area contributed by atoms with Crippen LogP contribution in [0.15, 0.2) is 0 Å². The first kappa shape index (κ1) is 15.1. The number of carbonyl (C=O) groups excluding carboxylic acids is 1. The van der Waals surface area contributed by atoms with E-state index in [2.05, 4.69) is 4.74 Å². The third-order valence-electron chi connectivity index (χ3n) is 1.98. The van der Waals surface area contributed by atoms with Crippen LogP contribution in [0.1, 0.15) is 32.1 Å². The van der Waals surface area contributed by atoms with Crippen LogP contribution >= 0.6 is 0 Å². The number of hydrogen-bond donors (Lipinski definition) is 1. The Kier molecular flexibility index (Phi) is 16.4. The van der Waals surface area contributed by atoms with Crippen molar-refractivity contribution in [3.63, 3.8) is 0 Å². The van der Waals surface area contributed by atoms with Gasteiger partial charge in [-0.15, -0.1) is 0 Å². The van der Waals surface area contributed by atoms with Crippen molar-refractivity contribution in [1.29, 1.82) is 0 Å². The quantitative estimate of drug-likeness (QED) is 0.683. The molecule has 0 bridgehead atoms. The number of methoxy groups -OCH3 is 1. The molecule has 0 radical (unpaired) electrons. The standard InChI is InChI=1S/C7H14O.C2H6O.CH2O/c8-6-7-4-2-1-3-5-7;1-3-2;1-2/h7-8H,1-6H2;1-2H3;1H2. The van der Waals surface area contributed by atoms with E-state index in [9.17, 15) is 0 Å². The molecule has 1 aliphatic carbocycles. The topological polar surface area (TPSA) is 46.5 Å². The highest BCUT2D eigenvalue weighted by Crippen LogP contribution is 2.22. The van der Waals surface area contributed by atoms with Gasteiger partial charge in [0.15, 0.2) is 0 Å². The summed E-state index contributed by atoms with van der Waals surface area (Å²) in [4.78, 5) is 8.00. The molecule has 1 rings (SSSR count). The Morgan fingerprint density at radius 1 is 1.23 bits per heavy atom. The maximum atomic E-state index is 8.69. The highest BCUT2D eigenvalue weighted by atomic mass is 16.4. The largest absolute Gasteiger partial charge is 0.396 e. The summed E-state index contributed by atoms with van der Waals surface area (Å²) in [5.74, 6) is 0.642. The van der Waals surface area contributed by atoms with Crippen molar-refractivity contribution in [2.24, 2.45) is 5.92 Å². The molecule has 3 nitrogen and oxygen atoms in total. The maximum absolute atomic E-state index is 8.69. The van der Waals surface area contributed by atoms with E-state index in [1.165, 1.54) is 32.1 Å². The zero-order valence-corrected chi connectivity index (χ0v) is 8.79. The lowest BCUT2D eigenvalue weighted by Gasteiger charge is -2.18. The van der Waals surface area contributed by atoms with Crippen LogP contribution < -0.4 is 0 Å². The minimum atomic E-state index is 0.417. The van der Waals surface area contributed by atoms with Gasteiger partial charge in [0.1, 0.15) is 6.79 Å². The van der Waals surface area contributed by atoms with Gasteiger partial charge in [0.05, 0.1) is 0 Å². The molecule has 0 aromatic carbocycles. The minimum absolute atomic E-state index is 0.417. The van der Waals surface area contributed by atoms with Gasteiger partial charge in [-0.3, -0.25) is 0 Å². The predicted molar refractivity (Wildman–Crippen MR) is 53.7 cm³/mol. The van der Waals surface area contributed by atoms with Gasteiger partial charge in [0, 0.05) is 20.8 Å². The number of hydrogen-bond acceptors (Lipinski definition) is 3. The minimum Gasteiger partial charge on any atom is -0.396 e. The molecule has 1 aliphatic rings. The molecule has 0 aromatic heterocycles. The van der Waals surface area contributed by atoms with Crippen molar-refractivity contribution in [2.75, 3.05) is 20.8 Å². The summed E-state index contributed by atoms with van der Waals surface area (Å²) in [5, 5.41) is 8.69. The molecular weight excluding hydrogens is 168 g/mol. The van der Waals surface area contributed by atoms with E-state index in [-0.39, 0.29) is 0 Å². The third kappa shape index (κ3) is 11.6. The van der Waals surface area contributed by atoms with Gasteiger partial charge in [-0.25, -0.2) is 0 Å². The monoisotopic (exact) mass is 190 g/mol. The van der Waals surface area contributed by atoms with Crippen LogP contribution in [0.25, 0.3) is 0 Å². The molecular formula is C10H22O3. The Hall–Kier alpha value is -0.410. The first-order chi connectivity index (χ1) is 6.35. The molecule has 0 aliphatic heterocycles.